The van der Waals surface area contributed by atoms with Gasteiger partial charge in [0, 0.05) is 18.7 Å². The van der Waals surface area contributed by atoms with E-state index in [-0.39, 0.29) is 6.04 Å². The topological polar surface area (TPSA) is 39.1 Å². The smallest absolute Gasteiger partial charge is 0.134 e. The molecule has 1 atom stereocenters. The Morgan fingerprint density at radius 1 is 1.58 bits per heavy atom. The lowest BCUT2D eigenvalue weighted by molar-refractivity contribution is 0.405. The Morgan fingerprint density at radius 3 is 2.84 bits per heavy atom. The van der Waals surface area contributed by atoms with E-state index in [9.17, 15) is 0 Å². The van der Waals surface area contributed by atoms with E-state index in [1.165, 1.54) is 4.88 Å². The minimum atomic E-state index is 0.176. The van der Waals surface area contributed by atoms with Crippen molar-refractivity contribution in [3.05, 3.63) is 32.7 Å². The lowest BCUT2D eigenvalue weighted by atomic mass is 10.1. The number of nitrogens with zero attached hydrogens (tertiary/aromatic N) is 2. The van der Waals surface area contributed by atoms with Crippen LogP contribution in [0.1, 0.15) is 22.2 Å². The molecule has 6 heteroatoms. The average molecular weight is 300 g/mol. The van der Waals surface area contributed by atoms with Crippen molar-refractivity contribution in [1.82, 2.24) is 15.1 Å². The minimum Gasteiger partial charge on any atom is -0.496 e. The SMILES string of the molecule is CNC(Cc1c(C)nn(C)c1Cl)c1sccc1OC. The van der Waals surface area contributed by atoms with Gasteiger partial charge in [0.1, 0.15) is 10.9 Å². The van der Waals surface area contributed by atoms with E-state index < -0.39 is 0 Å². The summed E-state index contributed by atoms with van der Waals surface area (Å²) in [6.45, 7) is 1.99. The van der Waals surface area contributed by atoms with Gasteiger partial charge in [-0.3, -0.25) is 4.68 Å². The molecule has 2 heterocycles. The Labute approximate surface area is 122 Å². The molecule has 0 aliphatic carbocycles. The highest BCUT2D eigenvalue weighted by atomic mass is 35.5. The number of thiophene rings is 1. The maximum absolute atomic E-state index is 6.30. The van der Waals surface area contributed by atoms with E-state index in [0.717, 1.165) is 23.4 Å². The predicted molar refractivity (Wildman–Crippen MR) is 79.3 cm³/mol. The van der Waals surface area contributed by atoms with Crippen LogP contribution in [0.3, 0.4) is 0 Å². The molecular formula is C13H18ClN3OS. The van der Waals surface area contributed by atoms with Gasteiger partial charge in [-0.05, 0) is 31.8 Å². The largest absolute Gasteiger partial charge is 0.496 e. The second-order valence-corrected chi connectivity index (χ2v) is 5.68. The fourth-order valence-electron chi connectivity index (χ4n) is 2.17. The Bertz CT molecular complexity index is 564. The number of aromatic nitrogens is 2. The average Bonchev–Trinajstić information content (AvgIpc) is 2.95. The van der Waals surface area contributed by atoms with Crippen LogP contribution in [0.5, 0.6) is 5.75 Å². The summed E-state index contributed by atoms with van der Waals surface area (Å²) < 4.78 is 7.10. The number of ether oxygens (including phenoxy) is 1. The first-order valence-electron chi connectivity index (χ1n) is 6.05. The molecule has 0 fully saturated rings. The summed E-state index contributed by atoms with van der Waals surface area (Å²) in [6.07, 6.45) is 0.798. The van der Waals surface area contributed by atoms with E-state index in [4.69, 9.17) is 16.3 Å². The highest BCUT2D eigenvalue weighted by molar-refractivity contribution is 7.10. The fraction of sp³-hybridized carbons (Fsp3) is 0.462. The van der Waals surface area contributed by atoms with Crippen LogP contribution in [-0.2, 0) is 13.5 Å². The monoisotopic (exact) mass is 299 g/mol. The maximum Gasteiger partial charge on any atom is 0.134 e. The van der Waals surface area contributed by atoms with Crippen LogP contribution in [0.15, 0.2) is 11.4 Å². The van der Waals surface area contributed by atoms with Crippen molar-refractivity contribution in [3.63, 3.8) is 0 Å². The number of hydrogen-bond donors (Lipinski definition) is 1. The third-order valence-corrected chi connectivity index (χ3v) is 4.70. The van der Waals surface area contributed by atoms with Gasteiger partial charge in [-0.2, -0.15) is 5.10 Å². The molecule has 0 amide bonds. The normalized spacial score (nSPS) is 12.7. The van der Waals surface area contributed by atoms with Crippen LogP contribution in [0.4, 0.5) is 0 Å². The van der Waals surface area contributed by atoms with Crippen LogP contribution < -0.4 is 10.1 Å². The van der Waals surface area contributed by atoms with E-state index in [1.807, 2.05) is 32.5 Å². The second-order valence-electron chi connectivity index (χ2n) is 4.38. The summed E-state index contributed by atoms with van der Waals surface area (Å²) in [7, 11) is 5.50. The molecular weight excluding hydrogens is 282 g/mol. The van der Waals surface area contributed by atoms with Crippen molar-refractivity contribution in [3.8, 4) is 5.75 Å². The van der Waals surface area contributed by atoms with Crippen molar-refractivity contribution in [2.75, 3.05) is 14.2 Å². The number of likely N-dealkylation sites (N-methyl/N-ethyl adjacent to an activating group) is 1. The standard InChI is InChI=1S/C13H18ClN3OS/c1-8-9(13(14)17(3)16-8)7-10(15-2)12-11(18-4)5-6-19-12/h5-6,10,15H,7H2,1-4H3. The number of methoxy groups -OCH3 is 1. The Kier molecular flexibility index (Phi) is 4.50. The molecule has 1 unspecified atom stereocenters. The molecule has 0 bridgehead atoms. The van der Waals surface area contributed by atoms with Gasteiger partial charge in [0.05, 0.1) is 17.7 Å². The summed E-state index contributed by atoms with van der Waals surface area (Å²) in [5.41, 5.74) is 2.06. The van der Waals surface area contributed by atoms with Crippen molar-refractivity contribution in [2.45, 2.75) is 19.4 Å². The molecule has 2 rings (SSSR count). The molecule has 0 spiro atoms. The molecule has 4 nitrogen and oxygen atoms in total. The lowest BCUT2D eigenvalue weighted by Crippen LogP contribution is -2.18. The van der Waals surface area contributed by atoms with Gasteiger partial charge in [0.2, 0.25) is 0 Å². The maximum atomic E-state index is 6.30. The van der Waals surface area contributed by atoms with Gasteiger partial charge < -0.3 is 10.1 Å². The van der Waals surface area contributed by atoms with E-state index in [0.29, 0.717) is 5.15 Å². The molecule has 1 N–H and O–H groups in total. The fourth-order valence-corrected chi connectivity index (χ4v) is 3.39. The zero-order valence-electron chi connectivity index (χ0n) is 11.5. The van der Waals surface area contributed by atoms with Gasteiger partial charge in [-0.25, -0.2) is 0 Å². The summed E-state index contributed by atoms with van der Waals surface area (Å²) in [6, 6.07) is 2.16. The number of nitrogens with one attached hydrogen (secondary N) is 1. The molecule has 0 radical (unpaired) electrons. The van der Waals surface area contributed by atoms with Gasteiger partial charge in [-0.15, -0.1) is 11.3 Å². The highest BCUT2D eigenvalue weighted by Gasteiger charge is 2.21. The van der Waals surface area contributed by atoms with E-state index in [1.54, 1.807) is 23.1 Å². The van der Waals surface area contributed by atoms with Gasteiger partial charge in [0.15, 0.2) is 0 Å². The summed E-state index contributed by atoms with van der Waals surface area (Å²) in [4.78, 5) is 1.18. The van der Waals surface area contributed by atoms with Gasteiger partial charge in [-0.1, -0.05) is 11.6 Å². The van der Waals surface area contributed by atoms with Crippen molar-refractivity contribution in [2.24, 2.45) is 7.05 Å². The Balaban J connectivity index is 2.29. The Hall–Kier alpha value is -1.04. The van der Waals surface area contributed by atoms with Crippen LogP contribution in [-0.4, -0.2) is 23.9 Å². The van der Waals surface area contributed by atoms with Crippen molar-refractivity contribution in [1.29, 1.82) is 0 Å². The molecule has 0 aromatic carbocycles. The molecule has 0 aliphatic rings. The van der Waals surface area contributed by atoms with Gasteiger partial charge in [0.25, 0.3) is 0 Å². The van der Waals surface area contributed by atoms with Crippen molar-refractivity contribution >= 4 is 22.9 Å². The predicted octanol–water partition coefficient (Wildman–Crippen LogP) is 2.96. The second kappa shape index (κ2) is 5.94. The van der Waals surface area contributed by atoms with Crippen LogP contribution >= 0.6 is 22.9 Å². The molecule has 104 valence electrons. The van der Waals surface area contributed by atoms with Crippen molar-refractivity contribution < 1.29 is 4.74 Å². The van der Waals surface area contributed by atoms with E-state index >= 15 is 0 Å². The number of rotatable bonds is 5. The zero-order valence-corrected chi connectivity index (χ0v) is 13.1. The molecule has 2 aromatic rings. The minimum absolute atomic E-state index is 0.176. The van der Waals surface area contributed by atoms with Gasteiger partial charge >= 0.3 is 0 Å². The molecule has 2 aromatic heterocycles. The third kappa shape index (κ3) is 2.78. The first-order chi connectivity index (χ1) is 9.08. The molecule has 0 aliphatic heterocycles. The summed E-state index contributed by atoms with van der Waals surface area (Å²) in [5.74, 6) is 0.919. The Morgan fingerprint density at radius 2 is 2.32 bits per heavy atom. The van der Waals surface area contributed by atoms with Crippen LogP contribution in [0, 0.1) is 6.92 Å². The van der Waals surface area contributed by atoms with E-state index in [2.05, 4.69) is 10.4 Å². The molecule has 0 saturated carbocycles. The zero-order chi connectivity index (χ0) is 14.0. The number of hydrogen-bond acceptors (Lipinski definition) is 4. The summed E-state index contributed by atoms with van der Waals surface area (Å²) >= 11 is 7.98. The van der Waals surface area contributed by atoms with Crippen LogP contribution in [0.2, 0.25) is 5.15 Å². The molecule has 19 heavy (non-hydrogen) atoms. The highest BCUT2D eigenvalue weighted by Crippen LogP contribution is 2.34. The molecule has 0 saturated heterocycles. The summed E-state index contributed by atoms with van der Waals surface area (Å²) in [5, 5.41) is 10.4. The first kappa shape index (κ1) is 14.4. The first-order valence-corrected chi connectivity index (χ1v) is 7.30. The third-order valence-electron chi connectivity index (χ3n) is 3.22. The quantitative estimate of drug-likeness (QED) is 0.922. The number of halogens is 1. The lowest BCUT2D eigenvalue weighted by Gasteiger charge is -2.16. The number of aryl methyl sites for hydroxylation is 2. The van der Waals surface area contributed by atoms with Crippen LogP contribution in [0.25, 0.3) is 0 Å².